The van der Waals surface area contributed by atoms with Gasteiger partial charge in [-0.1, -0.05) is 90.9 Å². The molecule has 2 aliphatic heterocycles. The summed E-state index contributed by atoms with van der Waals surface area (Å²) in [6.45, 7) is 7.32. The molecule has 21 nitrogen and oxygen atoms in total. The Labute approximate surface area is 439 Å². The second-order valence-electron chi connectivity index (χ2n) is 17.1. The second-order valence-corrected chi connectivity index (χ2v) is 19.2. The van der Waals surface area contributed by atoms with Crippen molar-refractivity contribution >= 4 is 58.1 Å². The number of aromatic amines is 1. The number of aromatic nitrogens is 6. The third-order valence-corrected chi connectivity index (χ3v) is 14.1. The molecule has 2 saturated heterocycles. The van der Waals surface area contributed by atoms with Gasteiger partial charge in [0, 0.05) is 53.5 Å². The number of carbonyl (C=O) groups excluding carboxylic acids is 4. The first-order chi connectivity index (χ1) is 35.3. The van der Waals surface area contributed by atoms with Crippen LogP contribution in [0.5, 0.6) is 0 Å². The van der Waals surface area contributed by atoms with Crippen molar-refractivity contribution in [2.45, 2.75) is 86.7 Å². The number of thioether (sulfide) groups is 1. The normalized spacial score (nSPS) is 16.1. The van der Waals surface area contributed by atoms with Gasteiger partial charge < -0.3 is 59.6 Å². The van der Waals surface area contributed by atoms with E-state index in [2.05, 4.69) is 106 Å². The lowest BCUT2D eigenvalue weighted by Gasteiger charge is -2.16. The SMILES string of the molecule is CCCCc1nc(CI)c(CNC(=O)COCC(=O)NCCOCCOCCOCCOCCOCCNC(=O)CCCC[C@@H]2SC[C@@H]3NC(=O)N[C@@H]32)n1Cc1ccc(-c2ccccc2-c2nn[nH]n2)cc1. The van der Waals surface area contributed by atoms with Crippen molar-refractivity contribution in [3.05, 3.63) is 71.3 Å². The highest BCUT2D eigenvalue weighted by Gasteiger charge is 2.42. The molecule has 2 aliphatic rings. The third kappa shape index (κ3) is 19.3. The van der Waals surface area contributed by atoms with Crippen LogP contribution in [0.2, 0.25) is 0 Å². The molecule has 23 heteroatoms. The molecular weight excluding hydrogens is 1060 g/mol. The molecule has 0 aliphatic carbocycles. The van der Waals surface area contributed by atoms with Crippen molar-refractivity contribution in [2.75, 3.05) is 98.1 Å². The van der Waals surface area contributed by atoms with E-state index >= 15 is 0 Å². The number of ether oxygens (including phenoxy) is 6. The van der Waals surface area contributed by atoms with E-state index in [1.807, 2.05) is 36.0 Å². The van der Waals surface area contributed by atoms with Crippen LogP contribution in [-0.2, 0) is 66.7 Å². The van der Waals surface area contributed by atoms with E-state index in [4.69, 9.17) is 33.4 Å². The van der Waals surface area contributed by atoms with Crippen LogP contribution < -0.4 is 26.6 Å². The summed E-state index contributed by atoms with van der Waals surface area (Å²) in [5.41, 5.74) is 5.90. The molecule has 0 bridgehead atoms. The molecule has 2 aromatic heterocycles. The smallest absolute Gasteiger partial charge is 0.315 e. The summed E-state index contributed by atoms with van der Waals surface area (Å²) in [6.07, 6.45) is 6.13. The summed E-state index contributed by atoms with van der Waals surface area (Å²) in [4.78, 5) is 53.8. The number of alkyl halides is 1. The molecule has 2 fully saturated rings. The number of fused-ring (bicyclic) bond motifs is 1. The number of nitrogens with one attached hydrogen (secondary N) is 6. The molecule has 0 unspecified atom stereocenters. The predicted molar refractivity (Wildman–Crippen MR) is 279 cm³/mol. The average molecular weight is 1130 g/mol. The van der Waals surface area contributed by atoms with Gasteiger partial charge in [-0.3, -0.25) is 14.4 Å². The number of hydrogen-bond donors (Lipinski definition) is 6. The first kappa shape index (κ1) is 56.5. The van der Waals surface area contributed by atoms with E-state index in [9.17, 15) is 19.2 Å². The topological polar surface area (TPSA) is 256 Å². The predicted octanol–water partition coefficient (Wildman–Crippen LogP) is 3.73. The van der Waals surface area contributed by atoms with E-state index < -0.39 is 0 Å². The number of carbonyl (C=O) groups is 4. The van der Waals surface area contributed by atoms with Crippen molar-refractivity contribution in [1.82, 2.24) is 56.8 Å². The lowest BCUT2D eigenvalue weighted by molar-refractivity contribution is -0.131. The number of aryl methyl sites for hydroxylation is 1. The van der Waals surface area contributed by atoms with Crippen LogP contribution in [0.15, 0.2) is 48.5 Å². The number of urea groups is 1. The first-order valence-electron chi connectivity index (χ1n) is 24.8. The van der Waals surface area contributed by atoms with E-state index in [1.54, 1.807) is 0 Å². The van der Waals surface area contributed by atoms with E-state index in [0.717, 1.165) is 83.7 Å². The van der Waals surface area contributed by atoms with Gasteiger partial charge in [0.2, 0.25) is 23.5 Å². The molecular formula is C49H70IN11O10S. The highest BCUT2D eigenvalue weighted by molar-refractivity contribution is 14.1. The van der Waals surface area contributed by atoms with Gasteiger partial charge in [0.25, 0.3) is 0 Å². The fourth-order valence-electron chi connectivity index (χ4n) is 8.18. The van der Waals surface area contributed by atoms with Gasteiger partial charge in [0.1, 0.15) is 19.0 Å². The van der Waals surface area contributed by atoms with Gasteiger partial charge in [0.15, 0.2) is 0 Å². The van der Waals surface area contributed by atoms with Gasteiger partial charge >= 0.3 is 6.03 Å². The number of unbranched alkanes of at least 4 members (excludes halogenated alkanes) is 2. The number of amides is 5. The number of benzene rings is 2. The Bertz CT molecular complexity index is 2240. The fourth-order valence-corrected chi connectivity index (χ4v) is 10.3. The molecule has 4 heterocycles. The highest BCUT2D eigenvalue weighted by atomic mass is 127. The summed E-state index contributed by atoms with van der Waals surface area (Å²) in [7, 11) is 0. The van der Waals surface area contributed by atoms with Crippen LogP contribution in [0.4, 0.5) is 4.79 Å². The van der Waals surface area contributed by atoms with Crippen LogP contribution in [0.25, 0.3) is 22.5 Å². The lowest BCUT2D eigenvalue weighted by Crippen LogP contribution is -2.36. The van der Waals surface area contributed by atoms with E-state index in [0.29, 0.717) is 108 Å². The zero-order chi connectivity index (χ0) is 50.6. The molecule has 5 amide bonds. The number of H-pyrrole nitrogens is 1. The molecule has 4 aromatic rings. The number of nitrogens with zero attached hydrogens (tertiary/aromatic N) is 5. The van der Waals surface area contributed by atoms with Gasteiger partial charge in [0.05, 0.1) is 96.1 Å². The van der Waals surface area contributed by atoms with Crippen molar-refractivity contribution in [2.24, 2.45) is 0 Å². The Kier molecular flexibility index (Phi) is 25.5. The largest absolute Gasteiger partial charge is 0.377 e. The quantitative estimate of drug-likeness (QED) is 0.0163. The van der Waals surface area contributed by atoms with Gasteiger partial charge in [-0.25, -0.2) is 9.78 Å². The molecule has 0 spiro atoms. The van der Waals surface area contributed by atoms with Crippen LogP contribution in [0.1, 0.15) is 68.2 Å². The number of imidazole rings is 1. The Balaban J connectivity index is 0.726. The standard InChI is InChI=1S/C49H70IN11O10S/c1-2-3-11-43-54-39(29-50)41(61(43)31-35-13-15-36(16-14-35)37-8-4-5-9-38(37)48-57-59-60-58-48)30-53-46(64)33-71-32-45(63)52-18-20-67-22-24-69-26-28-70-27-25-68-23-21-66-19-17-51-44(62)12-7-6-10-42-47-40(34-72-42)55-49(65)56-47/h4-5,8-9,13-16,40,42,47H,2-3,6-7,10-12,17-34H2,1H3,(H,51,62)(H,52,63)(H,53,64)(H2,55,56,65)(H,57,58,59,60)/t40-,42-,47-/m0/s1. The molecule has 2 aromatic carbocycles. The molecule has 6 rings (SSSR count). The average Bonchev–Trinajstić information content (AvgIpc) is 4.21. The van der Waals surface area contributed by atoms with Gasteiger partial charge in [-0.15, -0.1) is 10.2 Å². The van der Waals surface area contributed by atoms with Crippen LogP contribution >= 0.6 is 34.4 Å². The Morgan fingerprint density at radius 3 is 2.04 bits per heavy atom. The maximum absolute atomic E-state index is 12.9. The molecule has 3 atom stereocenters. The summed E-state index contributed by atoms with van der Waals surface area (Å²) in [5, 5.41) is 29.6. The minimum absolute atomic E-state index is 0.0264. The molecule has 72 heavy (non-hydrogen) atoms. The van der Waals surface area contributed by atoms with Crippen molar-refractivity contribution in [1.29, 1.82) is 0 Å². The van der Waals surface area contributed by atoms with Gasteiger partial charge in [-0.05, 0) is 41.2 Å². The molecule has 0 saturated carbocycles. The third-order valence-electron chi connectivity index (χ3n) is 11.9. The zero-order valence-corrected chi connectivity index (χ0v) is 44.1. The zero-order valence-electron chi connectivity index (χ0n) is 41.1. The summed E-state index contributed by atoms with van der Waals surface area (Å²) in [5.74, 6) is 1.82. The van der Waals surface area contributed by atoms with Crippen molar-refractivity contribution in [3.8, 4) is 22.5 Å². The van der Waals surface area contributed by atoms with Crippen LogP contribution in [0.3, 0.4) is 0 Å². The number of halogens is 1. The Hall–Kier alpha value is -4.76. The summed E-state index contributed by atoms with van der Waals surface area (Å²) < 4.78 is 36.0. The minimum atomic E-state index is -0.344. The van der Waals surface area contributed by atoms with E-state index in [1.165, 1.54) is 0 Å². The number of rotatable bonds is 37. The second kappa shape index (κ2) is 32.4. The van der Waals surface area contributed by atoms with Crippen LogP contribution in [0, 0.1) is 0 Å². The monoisotopic (exact) mass is 1130 g/mol. The maximum Gasteiger partial charge on any atom is 0.315 e. The molecule has 6 N–H and O–H groups in total. The van der Waals surface area contributed by atoms with Crippen LogP contribution in [-0.4, -0.2) is 169 Å². The van der Waals surface area contributed by atoms with Gasteiger partial charge in [-0.2, -0.15) is 17.0 Å². The van der Waals surface area contributed by atoms with Crippen molar-refractivity contribution < 1.29 is 47.6 Å². The maximum atomic E-state index is 12.9. The minimum Gasteiger partial charge on any atom is -0.377 e. The lowest BCUT2D eigenvalue weighted by atomic mass is 9.98. The highest BCUT2D eigenvalue weighted by Crippen LogP contribution is 2.33. The molecule has 394 valence electrons. The number of hydrogen-bond acceptors (Lipinski definition) is 15. The Morgan fingerprint density at radius 1 is 0.764 bits per heavy atom. The summed E-state index contributed by atoms with van der Waals surface area (Å²) in [6, 6.07) is 16.7. The molecule has 0 radical (unpaired) electrons. The fraction of sp³-hybridized carbons (Fsp3) is 0.592. The Morgan fingerprint density at radius 2 is 1.40 bits per heavy atom. The van der Waals surface area contributed by atoms with E-state index in [-0.39, 0.29) is 55.6 Å². The number of tetrazole rings is 1. The summed E-state index contributed by atoms with van der Waals surface area (Å²) >= 11 is 4.20. The first-order valence-corrected chi connectivity index (χ1v) is 27.4. The van der Waals surface area contributed by atoms with Crippen molar-refractivity contribution in [3.63, 3.8) is 0 Å².